The predicted octanol–water partition coefficient (Wildman–Crippen LogP) is 10.1. The van der Waals surface area contributed by atoms with Gasteiger partial charge in [0.25, 0.3) is 0 Å². The lowest BCUT2D eigenvalue weighted by atomic mass is 9.84. The van der Waals surface area contributed by atoms with Crippen LogP contribution in [0.3, 0.4) is 0 Å². The van der Waals surface area contributed by atoms with Crippen molar-refractivity contribution >= 4 is 54.1 Å². The molecule has 48 heavy (non-hydrogen) atoms. The number of fused-ring (bicyclic) bond motifs is 6. The average Bonchev–Trinajstić information content (AvgIpc) is 3.13. The summed E-state index contributed by atoms with van der Waals surface area (Å²) in [7, 11) is 0. The van der Waals surface area contributed by atoms with E-state index in [-0.39, 0.29) is 0 Å². The van der Waals surface area contributed by atoms with Crippen LogP contribution < -0.4 is 0 Å². The molecular weight excluding hydrogens is 589 g/mol. The zero-order valence-electron chi connectivity index (χ0n) is 26.0. The zero-order valence-corrected chi connectivity index (χ0v) is 26.0. The van der Waals surface area contributed by atoms with E-state index in [2.05, 4.69) is 114 Å². The summed E-state index contributed by atoms with van der Waals surface area (Å²) in [6, 6.07) is 41.5. The molecule has 0 bridgehead atoms. The molecule has 226 valence electrons. The van der Waals surface area contributed by atoms with Crippen LogP contribution in [-0.4, -0.2) is 33.1 Å². The molecule has 0 spiro atoms. The average molecular weight is 617 g/mol. The fraction of sp³-hybridized carbons (Fsp3) is 0.0698. The van der Waals surface area contributed by atoms with Gasteiger partial charge in [-0.05, 0) is 61.1 Å². The number of hydrogen-bond donors (Lipinski definition) is 0. The van der Waals surface area contributed by atoms with Crippen LogP contribution in [0.1, 0.15) is 11.5 Å². The van der Waals surface area contributed by atoms with Crippen LogP contribution in [0.15, 0.2) is 140 Å². The topological polar surface area (TPSA) is 60.8 Å². The van der Waals surface area contributed by atoms with Crippen molar-refractivity contribution in [2.75, 3.05) is 13.2 Å². The van der Waals surface area contributed by atoms with Gasteiger partial charge in [0.2, 0.25) is 0 Å². The Morgan fingerprint density at radius 1 is 0.500 bits per heavy atom. The van der Waals surface area contributed by atoms with Crippen molar-refractivity contribution in [3.63, 3.8) is 0 Å². The molecule has 3 aromatic heterocycles. The summed E-state index contributed by atoms with van der Waals surface area (Å²) in [4.78, 5) is 19.1. The fourth-order valence-electron chi connectivity index (χ4n) is 7.49. The minimum absolute atomic E-state index is 0.398. The van der Waals surface area contributed by atoms with E-state index in [1.165, 1.54) is 38.2 Å². The summed E-state index contributed by atoms with van der Waals surface area (Å²) < 4.78 is 5.63. The molecule has 6 aromatic carbocycles. The van der Waals surface area contributed by atoms with Gasteiger partial charge in [0, 0.05) is 46.4 Å². The largest absolute Gasteiger partial charge is 0.380 e. The standard InChI is InChI=1S/C43H28N4O/c1-3-9-34-32(7-1)40(33-8-2-4-10-35(33)41(34)39-23-44-20-21-45-39)36-17-16-31(30-15-13-28(22-37(30)36)29-24-48-25-29)38-18-14-27-12-11-26-6-5-19-46-42(26)43(27)47-38/h1-23,29H,24-25H2. The molecule has 5 heteroatoms. The maximum Gasteiger partial charge on any atom is 0.0972 e. The number of aromatic nitrogens is 4. The van der Waals surface area contributed by atoms with Gasteiger partial charge in [-0.25, -0.2) is 4.98 Å². The van der Waals surface area contributed by atoms with Gasteiger partial charge in [-0.1, -0.05) is 103 Å². The van der Waals surface area contributed by atoms with Gasteiger partial charge in [0.1, 0.15) is 0 Å². The Morgan fingerprint density at radius 2 is 1.21 bits per heavy atom. The van der Waals surface area contributed by atoms with Gasteiger partial charge in [0.05, 0.1) is 41.8 Å². The SMILES string of the molecule is c1cnc2c(c1)ccc1ccc(-c3ccc(-c4c5ccccc5c(-c5cnccn5)c5ccccc45)c4cc(C5COC5)ccc34)nc12. The highest BCUT2D eigenvalue weighted by molar-refractivity contribution is 6.24. The number of benzene rings is 6. The Morgan fingerprint density at radius 3 is 1.92 bits per heavy atom. The second-order valence-corrected chi connectivity index (χ2v) is 12.5. The Hall–Kier alpha value is -6.04. The van der Waals surface area contributed by atoms with E-state index in [0.717, 1.165) is 68.3 Å². The number of pyridine rings is 2. The molecule has 0 saturated carbocycles. The van der Waals surface area contributed by atoms with Crippen molar-refractivity contribution in [3.8, 4) is 33.6 Å². The molecular formula is C43H28N4O. The minimum Gasteiger partial charge on any atom is -0.380 e. The summed E-state index contributed by atoms with van der Waals surface area (Å²) in [5.41, 5.74) is 9.57. The normalized spacial score (nSPS) is 13.5. The summed E-state index contributed by atoms with van der Waals surface area (Å²) >= 11 is 0. The third-order valence-electron chi connectivity index (χ3n) is 9.88. The van der Waals surface area contributed by atoms with Crippen molar-refractivity contribution in [2.45, 2.75) is 5.92 Å². The van der Waals surface area contributed by atoms with Crippen molar-refractivity contribution in [3.05, 3.63) is 146 Å². The van der Waals surface area contributed by atoms with Crippen LogP contribution in [0.25, 0.3) is 87.8 Å². The van der Waals surface area contributed by atoms with Gasteiger partial charge in [-0.15, -0.1) is 0 Å². The highest BCUT2D eigenvalue weighted by Gasteiger charge is 2.24. The van der Waals surface area contributed by atoms with Gasteiger partial charge in [0.15, 0.2) is 0 Å². The lowest BCUT2D eigenvalue weighted by molar-refractivity contribution is 0.00847. The minimum atomic E-state index is 0.398. The molecule has 1 aliphatic heterocycles. The van der Waals surface area contributed by atoms with E-state index < -0.39 is 0 Å². The Bertz CT molecular complexity index is 2660. The van der Waals surface area contributed by atoms with Gasteiger partial charge < -0.3 is 4.74 Å². The molecule has 4 heterocycles. The number of nitrogens with zero attached hydrogens (tertiary/aromatic N) is 4. The Kier molecular flexibility index (Phi) is 6.08. The summed E-state index contributed by atoms with van der Waals surface area (Å²) in [6.45, 7) is 1.51. The molecule has 0 amide bonds. The predicted molar refractivity (Wildman–Crippen MR) is 195 cm³/mol. The molecule has 0 N–H and O–H groups in total. The summed E-state index contributed by atoms with van der Waals surface area (Å²) in [5.74, 6) is 0.398. The smallest absolute Gasteiger partial charge is 0.0972 e. The van der Waals surface area contributed by atoms with Gasteiger partial charge in [-0.3, -0.25) is 15.0 Å². The monoisotopic (exact) mass is 616 g/mol. The van der Waals surface area contributed by atoms with Crippen LogP contribution in [-0.2, 0) is 4.74 Å². The molecule has 1 saturated heterocycles. The van der Waals surface area contributed by atoms with Crippen LogP contribution in [0, 0.1) is 0 Å². The number of ether oxygens (including phenoxy) is 1. The third kappa shape index (κ3) is 4.15. The molecule has 0 aliphatic carbocycles. The fourth-order valence-corrected chi connectivity index (χ4v) is 7.49. The van der Waals surface area contributed by atoms with Crippen LogP contribution in [0.2, 0.25) is 0 Å². The van der Waals surface area contributed by atoms with Crippen LogP contribution in [0.5, 0.6) is 0 Å². The lowest BCUT2D eigenvalue weighted by Gasteiger charge is -2.27. The van der Waals surface area contributed by atoms with Gasteiger partial charge >= 0.3 is 0 Å². The van der Waals surface area contributed by atoms with E-state index in [9.17, 15) is 0 Å². The highest BCUT2D eigenvalue weighted by Crippen LogP contribution is 2.46. The molecule has 1 aliphatic rings. The van der Waals surface area contributed by atoms with Crippen LogP contribution >= 0.6 is 0 Å². The van der Waals surface area contributed by atoms with Crippen molar-refractivity contribution in [2.24, 2.45) is 0 Å². The third-order valence-corrected chi connectivity index (χ3v) is 9.88. The van der Waals surface area contributed by atoms with Crippen molar-refractivity contribution in [1.29, 1.82) is 0 Å². The molecule has 0 radical (unpaired) electrons. The first-order valence-corrected chi connectivity index (χ1v) is 16.3. The summed E-state index contributed by atoms with van der Waals surface area (Å²) in [6.07, 6.45) is 7.20. The Labute approximate surface area is 276 Å². The van der Waals surface area contributed by atoms with Crippen LogP contribution in [0.4, 0.5) is 0 Å². The maximum absolute atomic E-state index is 5.63. The molecule has 5 nitrogen and oxygen atoms in total. The molecule has 0 atom stereocenters. The highest BCUT2D eigenvalue weighted by atomic mass is 16.5. The second-order valence-electron chi connectivity index (χ2n) is 12.5. The van der Waals surface area contributed by atoms with Crippen molar-refractivity contribution in [1.82, 2.24) is 19.9 Å². The van der Waals surface area contributed by atoms with Gasteiger partial charge in [-0.2, -0.15) is 0 Å². The number of rotatable bonds is 4. The van der Waals surface area contributed by atoms with E-state index in [1.807, 2.05) is 18.5 Å². The van der Waals surface area contributed by atoms with E-state index in [4.69, 9.17) is 19.7 Å². The number of hydrogen-bond acceptors (Lipinski definition) is 5. The first kappa shape index (κ1) is 27.1. The lowest BCUT2D eigenvalue weighted by Crippen LogP contribution is -2.24. The second kappa shape index (κ2) is 10.8. The Balaban J connectivity index is 1.28. The quantitative estimate of drug-likeness (QED) is 0.145. The van der Waals surface area contributed by atoms with E-state index >= 15 is 0 Å². The first-order chi connectivity index (χ1) is 23.8. The maximum atomic E-state index is 5.63. The van der Waals surface area contributed by atoms with E-state index in [1.54, 1.807) is 12.4 Å². The zero-order chi connectivity index (χ0) is 31.6. The molecule has 9 aromatic rings. The van der Waals surface area contributed by atoms with E-state index in [0.29, 0.717) is 5.92 Å². The molecule has 10 rings (SSSR count). The first-order valence-electron chi connectivity index (χ1n) is 16.3. The molecule has 1 fully saturated rings. The summed E-state index contributed by atoms with van der Waals surface area (Å²) in [5, 5.41) is 9.23. The molecule has 0 unspecified atom stereocenters. The van der Waals surface area contributed by atoms with Crippen molar-refractivity contribution < 1.29 is 4.74 Å².